The second kappa shape index (κ2) is 11.1. The largest absolute Gasteiger partial charge is 0.493 e. The summed E-state index contributed by atoms with van der Waals surface area (Å²) < 4.78 is 22.6. The fourth-order valence-corrected chi connectivity index (χ4v) is 5.78. The van der Waals surface area contributed by atoms with Gasteiger partial charge in [0.05, 0.1) is 24.1 Å². The van der Waals surface area contributed by atoms with Crippen molar-refractivity contribution in [2.75, 3.05) is 13.2 Å². The zero-order valence-corrected chi connectivity index (χ0v) is 22.2. The van der Waals surface area contributed by atoms with Gasteiger partial charge in [-0.3, -0.25) is 9.59 Å². The highest BCUT2D eigenvalue weighted by Crippen LogP contribution is 2.33. The van der Waals surface area contributed by atoms with Crippen molar-refractivity contribution in [3.05, 3.63) is 88.2 Å². The maximum absolute atomic E-state index is 15.0. The first-order valence-corrected chi connectivity index (χ1v) is 13.8. The third kappa shape index (κ3) is 5.28. The highest BCUT2D eigenvalue weighted by Gasteiger charge is 2.26. The highest BCUT2D eigenvalue weighted by molar-refractivity contribution is 5.94. The Hall–Kier alpha value is -4.27. The minimum atomic E-state index is -0.900. The van der Waals surface area contributed by atoms with Crippen LogP contribution in [0.25, 0.3) is 11.0 Å². The number of aliphatic carboxylic acids is 1. The Kier molecular flexibility index (Phi) is 7.19. The van der Waals surface area contributed by atoms with E-state index in [2.05, 4.69) is 10.3 Å². The molecule has 6 heterocycles. The topological polar surface area (TPSA) is 97.6 Å². The van der Waals surface area contributed by atoms with Gasteiger partial charge < -0.3 is 14.7 Å². The van der Waals surface area contributed by atoms with Crippen LogP contribution in [0.5, 0.6) is 5.75 Å². The van der Waals surface area contributed by atoms with Crippen molar-refractivity contribution in [3.8, 4) is 5.75 Å². The molecular weight excluding hydrogens is 511 g/mol. The molecule has 3 aromatic carbocycles. The summed E-state index contributed by atoms with van der Waals surface area (Å²) in [6.45, 7) is 2.02. The number of halogens is 1. The number of rotatable bonds is 2. The first-order chi connectivity index (χ1) is 19.5. The Morgan fingerprint density at radius 1 is 0.975 bits per heavy atom. The van der Waals surface area contributed by atoms with Crippen LogP contribution in [0.4, 0.5) is 4.39 Å². The molecule has 0 saturated carbocycles. The van der Waals surface area contributed by atoms with Crippen LogP contribution in [0, 0.1) is 5.82 Å². The van der Waals surface area contributed by atoms with Crippen molar-refractivity contribution < 1.29 is 23.8 Å². The van der Waals surface area contributed by atoms with Gasteiger partial charge in [0.1, 0.15) is 17.1 Å². The summed E-state index contributed by atoms with van der Waals surface area (Å²) in [5.74, 6) is -1.84. The van der Waals surface area contributed by atoms with Crippen molar-refractivity contribution in [3.63, 3.8) is 0 Å². The van der Waals surface area contributed by atoms with Crippen LogP contribution in [0.1, 0.15) is 70.6 Å². The number of carbonyl (C=O) groups is 2. The Labute approximate surface area is 231 Å². The predicted molar refractivity (Wildman–Crippen MR) is 147 cm³/mol. The van der Waals surface area contributed by atoms with E-state index in [1.165, 1.54) is 12.1 Å². The van der Waals surface area contributed by atoms with Crippen molar-refractivity contribution in [2.45, 2.75) is 57.5 Å². The number of hydrogen-bond donors (Lipinski definition) is 1. The number of carbonyl (C=O) groups excluding carboxylic acids is 1. The standard InChI is InChI=1S/C31H31FN4O4/c32-27-17-24-8-9-25(27)31(39)35-13-11-20-5-6-21(15-23(20)19-35)26(18-30(37)38)22-7-10-29-28(16-22)33-34-36(29)12-3-1-2-4-14-40-24/h5-10,15-17,26H,1-4,11-14,18-19H2,(H,37,38). The quantitative estimate of drug-likeness (QED) is 0.368. The fourth-order valence-electron chi connectivity index (χ4n) is 5.78. The van der Waals surface area contributed by atoms with Gasteiger partial charge in [-0.2, -0.15) is 0 Å². The summed E-state index contributed by atoms with van der Waals surface area (Å²) in [5.41, 5.74) is 5.44. The third-order valence-corrected chi connectivity index (χ3v) is 7.96. The molecule has 1 unspecified atom stereocenters. The van der Waals surface area contributed by atoms with E-state index in [0.29, 0.717) is 31.9 Å². The molecule has 9 heteroatoms. The Morgan fingerprint density at radius 2 is 1.80 bits per heavy atom. The molecule has 5 aliphatic heterocycles. The van der Waals surface area contributed by atoms with E-state index in [-0.39, 0.29) is 17.9 Å². The molecule has 1 N–H and O–H groups in total. The van der Waals surface area contributed by atoms with E-state index in [1.807, 2.05) is 41.1 Å². The lowest BCUT2D eigenvalue weighted by Gasteiger charge is -2.30. The van der Waals surface area contributed by atoms with Gasteiger partial charge in [0.25, 0.3) is 5.91 Å². The molecule has 206 valence electrons. The molecular formula is C31H31FN4O4. The summed E-state index contributed by atoms with van der Waals surface area (Å²) >= 11 is 0. The van der Waals surface area contributed by atoms with Gasteiger partial charge in [-0.05, 0) is 72.2 Å². The first kappa shape index (κ1) is 26.0. The average Bonchev–Trinajstić information content (AvgIpc) is 3.36. The molecule has 4 aromatic rings. The van der Waals surface area contributed by atoms with Crippen LogP contribution in [-0.2, 0) is 24.3 Å². The molecule has 0 aliphatic carbocycles. The van der Waals surface area contributed by atoms with Gasteiger partial charge in [0.15, 0.2) is 0 Å². The van der Waals surface area contributed by atoms with E-state index in [9.17, 15) is 19.1 Å². The van der Waals surface area contributed by atoms with Crippen LogP contribution >= 0.6 is 0 Å². The molecule has 0 fully saturated rings. The molecule has 0 saturated heterocycles. The SMILES string of the molecule is O=C(O)CC1c2ccc3c(c2)CN(CC3)C(=O)c2ccc(cc2F)OCCCCCCn2nnc3cc1ccc32. The van der Waals surface area contributed by atoms with Crippen LogP contribution in [0.2, 0.25) is 0 Å². The maximum Gasteiger partial charge on any atom is 0.304 e. The zero-order valence-electron chi connectivity index (χ0n) is 22.2. The number of aromatic nitrogens is 3. The zero-order chi connectivity index (χ0) is 27.6. The number of amides is 1. The van der Waals surface area contributed by atoms with E-state index in [4.69, 9.17) is 4.74 Å². The number of ether oxygens (including phenoxy) is 1. The summed E-state index contributed by atoms with van der Waals surface area (Å²) in [6, 6.07) is 16.3. The van der Waals surface area contributed by atoms with Gasteiger partial charge in [-0.25, -0.2) is 9.07 Å². The van der Waals surface area contributed by atoms with E-state index < -0.39 is 17.7 Å². The van der Waals surface area contributed by atoms with Crippen molar-refractivity contribution in [1.29, 1.82) is 0 Å². The smallest absolute Gasteiger partial charge is 0.304 e. The molecule has 1 aromatic heterocycles. The van der Waals surface area contributed by atoms with Gasteiger partial charge >= 0.3 is 5.97 Å². The predicted octanol–water partition coefficient (Wildman–Crippen LogP) is 5.33. The molecule has 1 amide bonds. The van der Waals surface area contributed by atoms with E-state index >= 15 is 0 Å². The summed E-state index contributed by atoms with van der Waals surface area (Å²) in [7, 11) is 0. The van der Waals surface area contributed by atoms with Gasteiger partial charge in [0.2, 0.25) is 0 Å². The second-order valence-corrected chi connectivity index (χ2v) is 10.6. The Morgan fingerprint density at radius 3 is 2.65 bits per heavy atom. The molecule has 40 heavy (non-hydrogen) atoms. The average molecular weight is 543 g/mol. The van der Waals surface area contributed by atoms with Crippen LogP contribution in [-0.4, -0.2) is 50.0 Å². The minimum Gasteiger partial charge on any atom is -0.493 e. The molecule has 0 radical (unpaired) electrons. The Balaban J connectivity index is 1.37. The first-order valence-electron chi connectivity index (χ1n) is 13.8. The molecule has 0 spiro atoms. The molecule has 1 atom stereocenters. The van der Waals surface area contributed by atoms with Crippen LogP contribution in [0.3, 0.4) is 0 Å². The fraction of sp³-hybridized carbons (Fsp3) is 0.355. The molecule has 8 nitrogen and oxygen atoms in total. The number of carboxylic acid groups (broad SMARTS) is 1. The normalized spacial score (nSPS) is 18.0. The van der Waals surface area contributed by atoms with E-state index in [0.717, 1.165) is 65.5 Å². The Bertz CT molecular complexity index is 1580. The number of aryl methyl sites for hydroxylation is 1. The lowest BCUT2D eigenvalue weighted by atomic mass is 9.85. The number of benzene rings is 3. The summed E-state index contributed by atoms with van der Waals surface area (Å²) in [5, 5.41) is 18.5. The monoisotopic (exact) mass is 542 g/mol. The van der Waals surface area contributed by atoms with Gasteiger partial charge in [-0.15, -0.1) is 5.10 Å². The van der Waals surface area contributed by atoms with Crippen LogP contribution in [0.15, 0.2) is 54.6 Å². The van der Waals surface area contributed by atoms with Crippen molar-refractivity contribution in [1.82, 2.24) is 19.9 Å². The lowest BCUT2D eigenvalue weighted by Crippen LogP contribution is -2.36. The molecule has 9 rings (SSSR count). The molecule has 5 aliphatic rings. The third-order valence-electron chi connectivity index (χ3n) is 7.96. The second-order valence-electron chi connectivity index (χ2n) is 10.6. The van der Waals surface area contributed by atoms with E-state index in [1.54, 1.807) is 11.0 Å². The lowest BCUT2D eigenvalue weighted by molar-refractivity contribution is -0.137. The summed E-state index contributed by atoms with van der Waals surface area (Å²) in [6.07, 6.45) is 4.27. The van der Waals surface area contributed by atoms with Crippen molar-refractivity contribution in [2.24, 2.45) is 0 Å². The van der Waals surface area contributed by atoms with Gasteiger partial charge in [0, 0.05) is 31.6 Å². The summed E-state index contributed by atoms with van der Waals surface area (Å²) in [4.78, 5) is 26.9. The van der Waals surface area contributed by atoms with Crippen molar-refractivity contribution >= 4 is 22.9 Å². The minimum absolute atomic E-state index is 0.0231. The molecule has 9 bridgehead atoms. The van der Waals surface area contributed by atoms with Gasteiger partial charge in [-0.1, -0.05) is 35.9 Å². The highest BCUT2D eigenvalue weighted by atomic mass is 19.1. The number of nitrogens with zero attached hydrogens (tertiary/aromatic N) is 4. The van der Waals surface area contributed by atoms with Crippen LogP contribution < -0.4 is 4.74 Å². The number of hydrogen-bond acceptors (Lipinski definition) is 5. The number of carboxylic acids is 1. The maximum atomic E-state index is 15.0.